The van der Waals surface area contributed by atoms with Gasteiger partial charge in [-0.25, -0.2) is 4.39 Å². The fourth-order valence-electron chi connectivity index (χ4n) is 4.73. The van der Waals surface area contributed by atoms with Gasteiger partial charge in [0.1, 0.15) is 11.6 Å². The van der Waals surface area contributed by atoms with Gasteiger partial charge in [0.05, 0.1) is 0 Å². The van der Waals surface area contributed by atoms with Crippen molar-refractivity contribution in [2.75, 3.05) is 20.1 Å². The van der Waals surface area contributed by atoms with Crippen molar-refractivity contribution in [3.63, 3.8) is 0 Å². The molecule has 0 unspecified atom stereocenters. The highest BCUT2D eigenvalue weighted by Gasteiger charge is 2.21. The molecule has 2 aliphatic rings. The first kappa shape index (κ1) is 24.8. The van der Waals surface area contributed by atoms with Gasteiger partial charge in [0, 0.05) is 44.8 Å². The number of piperidine rings is 1. The van der Waals surface area contributed by atoms with Gasteiger partial charge in [-0.05, 0) is 73.4 Å². The number of halogens is 2. The second-order valence-corrected chi connectivity index (χ2v) is 8.66. The summed E-state index contributed by atoms with van der Waals surface area (Å²) in [5, 5.41) is 17.4. The molecule has 0 spiro atoms. The molecule has 1 aliphatic heterocycles. The van der Waals surface area contributed by atoms with Crippen LogP contribution in [0, 0.1) is 5.82 Å². The minimum absolute atomic E-state index is 0. The minimum Gasteiger partial charge on any atom is -0.508 e. The number of rotatable bonds is 5. The fraction of sp³-hybridized carbons (Fsp3) is 0.480. The van der Waals surface area contributed by atoms with Crippen LogP contribution in [-0.4, -0.2) is 42.1 Å². The lowest BCUT2D eigenvalue weighted by molar-refractivity contribution is 0.198. The van der Waals surface area contributed by atoms with Crippen LogP contribution in [0.2, 0.25) is 0 Å². The summed E-state index contributed by atoms with van der Waals surface area (Å²) in [7, 11) is 1.79. The maximum atomic E-state index is 13.1. The van der Waals surface area contributed by atoms with Crippen LogP contribution in [0.1, 0.15) is 47.9 Å². The van der Waals surface area contributed by atoms with Gasteiger partial charge in [-0.3, -0.25) is 9.89 Å². The van der Waals surface area contributed by atoms with E-state index in [1.165, 1.54) is 36.1 Å². The number of fused-ring (bicyclic) bond motifs is 1. The predicted octanol–water partition coefficient (Wildman–Crippen LogP) is 4.36. The van der Waals surface area contributed by atoms with Crippen LogP contribution in [0.15, 0.2) is 41.4 Å². The van der Waals surface area contributed by atoms with Crippen LogP contribution in [0.3, 0.4) is 0 Å². The third-order valence-corrected chi connectivity index (χ3v) is 6.53. The van der Waals surface area contributed by atoms with E-state index in [-0.39, 0.29) is 29.8 Å². The highest BCUT2D eigenvalue weighted by molar-refractivity contribution is 14.0. The van der Waals surface area contributed by atoms with Gasteiger partial charge >= 0.3 is 0 Å². The Hall–Kier alpha value is -1.87. The molecule has 1 aliphatic carbocycles. The molecule has 2 aromatic rings. The molecule has 0 saturated carbocycles. The highest BCUT2D eigenvalue weighted by Crippen LogP contribution is 2.30. The Bertz CT molecular complexity index is 911. The number of likely N-dealkylation sites (tertiary alicyclic amines) is 1. The van der Waals surface area contributed by atoms with E-state index in [0.29, 0.717) is 18.3 Å². The molecule has 7 heteroatoms. The molecule has 4 rings (SSSR count). The summed E-state index contributed by atoms with van der Waals surface area (Å²) in [6.07, 6.45) is 6.63. The number of phenolic OH excluding ortho intramolecular Hbond substituents is 1. The number of guanidine groups is 1. The van der Waals surface area contributed by atoms with Gasteiger partial charge < -0.3 is 15.7 Å². The molecule has 1 fully saturated rings. The highest BCUT2D eigenvalue weighted by atomic mass is 127. The molecule has 1 heterocycles. The third kappa shape index (κ3) is 6.34. The van der Waals surface area contributed by atoms with Gasteiger partial charge in [-0.1, -0.05) is 18.2 Å². The first-order valence-electron chi connectivity index (χ1n) is 11.4. The van der Waals surface area contributed by atoms with Crippen LogP contribution < -0.4 is 10.6 Å². The quantitative estimate of drug-likeness (QED) is 0.293. The van der Waals surface area contributed by atoms with Crippen molar-refractivity contribution >= 4 is 29.9 Å². The average Bonchev–Trinajstić information content (AvgIpc) is 2.80. The van der Waals surface area contributed by atoms with E-state index < -0.39 is 0 Å². The van der Waals surface area contributed by atoms with E-state index in [1.807, 2.05) is 18.2 Å². The van der Waals surface area contributed by atoms with Crippen LogP contribution in [0.25, 0.3) is 0 Å². The number of nitrogens with one attached hydrogen (secondary N) is 2. The van der Waals surface area contributed by atoms with E-state index in [0.717, 1.165) is 62.4 Å². The molecule has 0 radical (unpaired) electrons. The van der Waals surface area contributed by atoms with Crippen molar-refractivity contribution in [2.24, 2.45) is 4.99 Å². The zero-order valence-electron chi connectivity index (χ0n) is 18.7. The molecule has 0 aromatic heterocycles. The molecular formula is C25H34FIN4O. The largest absolute Gasteiger partial charge is 0.508 e. The number of nitrogens with zero attached hydrogens (tertiary/aromatic N) is 2. The Balaban J connectivity index is 0.00000289. The Kier molecular flexibility index (Phi) is 9.16. The summed E-state index contributed by atoms with van der Waals surface area (Å²) in [5.74, 6) is 0.970. The van der Waals surface area contributed by atoms with Gasteiger partial charge in [-0.2, -0.15) is 0 Å². The lowest BCUT2D eigenvalue weighted by Crippen LogP contribution is -2.48. The standard InChI is InChI=1S/C25H33FN4O.HI/c1-27-25(28-16-23-22-5-3-2-4-19(22)8-11-24(23)31)29-21-12-14-30(15-13-21)17-18-6-9-20(26)10-7-18;/h6-11,21,31H,2-5,12-17H2,1H3,(H2,27,28,29);1H. The summed E-state index contributed by atoms with van der Waals surface area (Å²) in [6, 6.07) is 11.1. The van der Waals surface area contributed by atoms with E-state index in [9.17, 15) is 9.50 Å². The normalized spacial score (nSPS) is 17.4. The van der Waals surface area contributed by atoms with Crippen molar-refractivity contribution in [1.29, 1.82) is 0 Å². The van der Waals surface area contributed by atoms with Gasteiger partial charge in [0.15, 0.2) is 5.96 Å². The molecule has 1 saturated heterocycles. The van der Waals surface area contributed by atoms with Crippen LogP contribution in [-0.2, 0) is 25.9 Å². The second kappa shape index (κ2) is 11.8. The van der Waals surface area contributed by atoms with E-state index in [1.54, 1.807) is 7.05 Å². The van der Waals surface area contributed by atoms with E-state index in [4.69, 9.17) is 0 Å². The molecule has 5 nitrogen and oxygen atoms in total. The molecule has 0 amide bonds. The third-order valence-electron chi connectivity index (χ3n) is 6.53. The van der Waals surface area contributed by atoms with E-state index >= 15 is 0 Å². The Labute approximate surface area is 207 Å². The summed E-state index contributed by atoms with van der Waals surface area (Å²) in [6.45, 7) is 3.44. The molecule has 2 aromatic carbocycles. The summed E-state index contributed by atoms with van der Waals surface area (Å²) in [4.78, 5) is 6.81. The number of phenols is 1. The average molecular weight is 552 g/mol. The number of aliphatic imine (C=N–C) groups is 1. The molecule has 3 N–H and O–H groups in total. The van der Waals surface area contributed by atoms with Crippen molar-refractivity contribution in [3.8, 4) is 5.75 Å². The smallest absolute Gasteiger partial charge is 0.191 e. The van der Waals surface area contributed by atoms with Crippen molar-refractivity contribution < 1.29 is 9.50 Å². The summed E-state index contributed by atoms with van der Waals surface area (Å²) in [5.41, 5.74) is 4.84. The molecule has 0 bridgehead atoms. The van der Waals surface area contributed by atoms with Gasteiger partial charge in [-0.15, -0.1) is 24.0 Å². The Morgan fingerprint density at radius 1 is 1.09 bits per heavy atom. The number of aromatic hydroxyl groups is 1. The van der Waals surface area contributed by atoms with Gasteiger partial charge in [0.2, 0.25) is 0 Å². The lowest BCUT2D eigenvalue weighted by Gasteiger charge is -2.33. The fourth-order valence-corrected chi connectivity index (χ4v) is 4.73. The van der Waals surface area contributed by atoms with Crippen LogP contribution in [0.4, 0.5) is 4.39 Å². The summed E-state index contributed by atoms with van der Waals surface area (Å²) < 4.78 is 13.1. The van der Waals surface area contributed by atoms with E-state index in [2.05, 4.69) is 26.6 Å². The molecular weight excluding hydrogens is 518 g/mol. The zero-order chi connectivity index (χ0) is 21.6. The Morgan fingerprint density at radius 2 is 1.81 bits per heavy atom. The Morgan fingerprint density at radius 3 is 2.53 bits per heavy atom. The summed E-state index contributed by atoms with van der Waals surface area (Å²) >= 11 is 0. The first-order chi connectivity index (χ1) is 15.1. The maximum absolute atomic E-state index is 13.1. The molecule has 32 heavy (non-hydrogen) atoms. The number of hydrogen-bond donors (Lipinski definition) is 3. The van der Waals surface area contributed by atoms with Crippen LogP contribution in [0.5, 0.6) is 5.75 Å². The topological polar surface area (TPSA) is 59.9 Å². The van der Waals surface area contributed by atoms with Crippen molar-refractivity contribution in [1.82, 2.24) is 15.5 Å². The SMILES string of the molecule is CN=C(NCc1c(O)ccc2c1CCCC2)NC1CCN(Cc2ccc(F)cc2)CC1.I. The molecule has 174 valence electrons. The van der Waals surface area contributed by atoms with Crippen LogP contribution >= 0.6 is 24.0 Å². The minimum atomic E-state index is -0.185. The number of aryl methyl sites for hydroxylation is 1. The zero-order valence-corrected chi connectivity index (χ0v) is 21.1. The number of hydrogen-bond acceptors (Lipinski definition) is 3. The van der Waals surface area contributed by atoms with Crippen molar-refractivity contribution in [2.45, 2.75) is 57.7 Å². The second-order valence-electron chi connectivity index (χ2n) is 8.66. The lowest BCUT2D eigenvalue weighted by atomic mass is 9.88. The monoisotopic (exact) mass is 552 g/mol. The predicted molar refractivity (Wildman–Crippen MR) is 138 cm³/mol. The number of benzene rings is 2. The maximum Gasteiger partial charge on any atom is 0.191 e. The van der Waals surface area contributed by atoms with Crippen molar-refractivity contribution in [3.05, 3.63) is 64.5 Å². The van der Waals surface area contributed by atoms with Gasteiger partial charge in [0.25, 0.3) is 0 Å². The molecule has 0 atom stereocenters. The first-order valence-corrected chi connectivity index (χ1v) is 11.4.